The first-order valence-electron chi connectivity index (χ1n) is 6.52. The van der Waals surface area contributed by atoms with Crippen LogP contribution in [0.4, 0.5) is 0 Å². The fourth-order valence-corrected chi connectivity index (χ4v) is 2.16. The van der Waals surface area contributed by atoms with E-state index in [1.165, 1.54) is 0 Å². The molecule has 1 aromatic rings. The SMILES string of the molecule is [C-]#[N+]/C(C#N)=C1/CC(=O)c2ccc(OCCCC)cc21. The second-order valence-corrected chi connectivity index (χ2v) is 4.56. The monoisotopic (exact) mass is 266 g/mol. The van der Waals surface area contributed by atoms with Crippen LogP contribution in [0.25, 0.3) is 10.4 Å². The van der Waals surface area contributed by atoms with Gasteiger partial charge in [-0.25, -0.2) is 10.1 Å². The smallest absolute Gasteiger partial charge is 0.266 e. The van der Waals surface area contributed by atoms with Crippen LogP contribution in [-0.4, -0.2) is 12.4 Å². The summed E-state index contributed by atoms with van der Waals surface area (Å²) >= 11 is 0. The minimum Gasteiger partial charge on any atom is -0.494 e. The van der Waals surface area contributed by atoms with E-state index >= 15 is 0 Å². The molecule has 0 heterocycles. The summed E-state index contributed by atoms with van der Waals surface area (Å²) in [5, 5.41) is 8.98. The number of nitriles is 1. The lowest BCUT2D eigenvalue weighted by atomic mass is 10.1. The number of benzene rings is 1. The summed E-state index contributed by atoms with van der Waals surface area (Å²) in [6, 6.07) is 7.09. The van der Waals surface area contributed by atoms with Crippen LogP contribution in [0.1, 0.15) is 42.1 Å². The Balaban J connectivity index is 2.39. The number of carbonyl (C=O) groups is 1. The summed E-state index contributed by atoms with van der Waals surface area (Å²) in [6.07, 6.45) is 2.13. The van der Waals surface area contributed by atoms with Crippen LogP contribution in [-0.2, 0) is 0 Å². The molecule has 1 aliphatic carbocycles. The number of Topliss-reactive ketones (excluding diaryl/α,β-unsaturated/α-hetero) is 1. The van der Waals surface area contributed by atoms with Gasteiger partial charge in [0.15, 0.2) is 5.78 Å². The molecule has 0 unspecified atom stereocenters. The third kappa shape index (κ3) is 2.55. The van der Waals surface area contributed by atoms with E-state index in [2.05, 4.69) is 11.8 Å². The van der Waals surface area contributed by atoms with E-state index in [-0.39, 0.29) is 17.9 Å². The predicted molar refractivity (Wildman–Crippen MR) is 74.9 cm³/mol. The zero-order valence-corrected chi connectivity index (χ0v) is 11.3. The lowest BCUT2D eigenvalue weighted by Gasteiger charge is -2.07. The van der Waals surface area contributed by atoms with Gasteiger partial charge in [0.25, 0.3) is 5.70 Å². The minimum absolute atomic E-state index is 0.0113. The molecule has 4 heteroatoms. The van der Waals surface area contributed by atoms with Gasteiger partial charge in [0, 0.05) is 12.0 Å². The second kappa shape index (κ2) is 6.04. The third-order valence-electron chi connectivity index (χ3n) is 3.22. The number of unbranched alkanes of at least 4 members (excludes halogenated alkanes) is 1. The Morgan fingerprint density at radius 2 is 2.30 bits per heavy atom. The molecule has 0 fully saturated rings. The zero-order chi connectivity index (χ0) is 14.5. The molecule has 0 spiro atoms. The Hall–Kier alpha value is -2.59. The molecule has 1 aromatic carbocycles. The molecule has 2 rings (SSSR count). The lowest BCUT2D eigenvalue weighted by molar-refractivity contribution is 0.100. The summed E-state index contributed by atoms with van der Waals surface area (Å²) in [6.45, 7) is 9.73. The molecule has 20 heavy (non-hydrogen) atoms. The fraction of sp³-hybridized carbons (Fsp3) is 0.312. The highest BCUT2D eigenvalue weighted by Crippen LogP contribution is 2.37. The molecule has 1 aliphatic rings. The summed E-state index contributed by atoms with van der Waals surface area (Å²) in [4.78, 5) is 15.1. The number of fused-ring (bicyclic) bond motifs is 1. The summed E-state index contributed by atoms with van der Waals surface area (Å²) in [7, 11) is 0. The molecule has 0 saturated heterocycles. The van der Waals surface area contributed by atoms with Gasteiger partial charge in [0.2, 0.25) is 0 Å². The predicted octanol–water partition coefficient (Wildman–Crippen LogP) is 3.61. The quantitative estimate of drug-likeness (QED) is 0.475. The van der Waals surface area contributed by atoms with Gasteiger partial charge >= 0.3 is 0 Å². The number of ketones is 1. The van der Waals surface area contributed by atoms with Crippen molar-refractivity contribution in [2.45, 2.75) is 26.2 Å². The van der Waals surface area contributed by atoms with E-state index in [9.17, 15) is 4.79 Å². The largest absolute Gasteiger partial charge is 0.494 e. The van der Waals surface area contributed by atoms with E-state index in [1.807, 2.05) is 6.07 Å². The van der Waals surface area contributed by atoms with Crippen LogP contribution in [0.5, 0.6) is 5.75 Å². The number of hydrogen-bond donors (Lipinski definition) is 0. The van der Waals surface area contributed by atoms with Crippen LogP contribution in [0, 0.1) is 17.9 Å². The number of carbonyl (C=O) groups excluding carboxylic acids is 1. The molecular formula is C16H14N2O2. The minimum atomic E-state index is -0.0495. The Morgan fingerprint density at radius 1 is 1.50 bits per heavy atom. The molecule has 0 aromatic heterocycles. The van der Waals surface area contributed by atoms with Gasteiger partial charge in [-0.05, 0) is 35.8 Å². The van der Waals surface area contributed by atoms with Gasteiger partial charge in [0.1, 0.15) is 5.75 Å². The van der Waals surface area contributed by atoms with Gasteiger partial charge in [-0.2, -0.15) is 0 Å². The molecular weight excluding hydrogens is 252 g/mol. The molecule has 0 N–H and O–H groups in total. The Morgan fingerprint density at radius 3 is 2.95 bits per heavy atom. The standard InChI is InChI=1S/C16H14N2O2/c1-3-4-7-20-11-5-6-12-13(8-11)14(9-16(12)19)15(10-17)18-2/h5-6,8H,3-4,7,9H2,1H3/b15-14-. The van der Waals surface area contributed by atoms with E-state index in [0.29, 0.717) is 29.1 Å². The van der Waals surface area contributed by atoms with E-state index in [1.54, 1.807) is 18.2 Å². The fourth-order valence-electron chi connectivity index (χ4n) is 2.16. The van der Waals surface area contributed by atoms with Crippen molar-refractivity contribution in [2.24, 2.45) is 0 Å². The molecule has 100 valence electrons. The highest BCUT2D eigenvalue weighted by molar-refractivity contribution is 6.13. The molecule has 4 nitrogen and oxygen atoms in total. The van der Waals surface area contributed by atoms with Crippen molar-refractivity contribution in [3.05, 3.63) is 46.4 Å². The lowest BCUT2D eigenvalue weighted by Crippen LogP contribution is -1.97. The van der Waals surface area contributed by atoms with Gasteiger partial charge < -0.3 is 4.74 Å². The first kappa shape index (κ1) is 13.8. The number of hydrogen-bond acceptors (Lipinski definition) is 3. The highest BCUT2D eigenvalue weighted by atomic mass is 16.5. The van der Waals surface area contributed by atoms with Crippen molar-refractivity contribution in [1.82, 2.24) is 0 Å². The Labute approximate surface area is 118 Å². The van der Waals surface area contributed by atoms with Gasteiger partial charge in [-0.15, -0.1) is 0 Å². The second-order valence-electron chi connectivity index (χ2n) is 4.56. The summed E-state index contributed by atoms with van der Waals surface area (Å²) in [5.41, 5.74) is 1.74. The van der Waals surface area contributed by atoms with Crippen molar-refractivity contribution in [2.75, 3.05) is 6.61 Å². The maximum Gasteiger partial charge on any atom is 0.266 e. The maximum absolute atomic E-state index is 11.9. The van der Waals surface area contributed by atoms with Crippen molar-refractivity contribution < 1.29 is 9.53 Å². The van der Waals surface area contributed by atoms with E-state index in [0.717, 1.165) is 12.8 Å². The molecule has 0 amide bonds. The van der Waals surface area contributed by atoms with Crippen LogP contribution >= 0.6 is 0 Å². The van der Waals surface area contributed by atoms with Crippen LogP contribution in [0.2, 0.25) is 0 Å². The van der Waals surface area contributed by atoms with Crippen LogP contribution in [0.3, 0.4) is 0 Å². The molecule has 0 saturated carbocycles. The Bertz CT molecular complexity index is 644. The van der Waals surface area contributed by atoms with Crippen molar-refractivity contribution >= 4 is 11.4 Å². The Kier molecular flexibility index (Phi) is 4.17. The third-order valence-corrected chi connectivity index (χ3v) is 3.22. The molecule has 0 atom stereocenters. The average Bonchev–Trinajstić information content (AvgIpc) is 2.78. The average molecular weight is 266 g/mol. The van der Waals surface area contributed by atoms with E-state index in [4.69, 9.17) is 16.6 Å². The van der Waals surface area contributed by atoms with Gasteiger partial charge in [-0.3, -0.25) is 4.79 Å². The van der Waals surface area contributed by atoms with Gasteiger partial charge in [0.05, 0.1) is 19.2 Å². The number of ether oxygens (including phenoxy) is 1. The van der Waals surface area contributed by atoms with Crippen LogP contribution < -0.4 is 4.74 Å². The molecule has 0 aliphatic heterocycles. The zero-order valence-electron chi connectivity index (χ0n) is 11.3. The van der Waals surface area contributed by atoms with Crippen molar-refractivity contribution in [1.29, 1.82) is 5.26 Å². The number of nitrogens with zero attached hydrogens (tertiary/aromatic N) is 2. The molecule has 0 radical (unpaired) electrons. The van der Waals surface area contributed by atoms with Gasteiger partial charge in [-0.1, -0.05) is 13.3 Å². The van der Waals surface area contributed by atoms with Crippen LogP contribution in [0.15, 0.2) is 23.9 Å². The molecule has 0 bridgehead atoms. The number of rotatable bonds is 4. The van der Waals surface area contributed by atoms with Crippen molar-refractivity contribution in [3.63, 3.8) is 0 Å². The topological polar surface area (TPSA) is 54.5 Å². The number of allylic oxidation sites excluding steroid dienone is 2. The maximum atomic E-state index is 11.9. The first-order valence-corrected chi connectivity index (χ1v) is 6.52. The first-order chi connectivity index (χ1) is 9.71. The summed E-state index contributed by atoms with van der Waals surface area (Å²) < 4.78 is 5.61. The highest BCUT2D eigenvalue weighted by Gasteiger charge is 2.27. The van der Waals surface area contributed by atoms with E-state index < -0.39 is 0 Å². The normalized spacial score (nSPS) is 15.2. The van der Waals surface area contributed by atoms with Crippen molar-refractivity contribution in [3.8, 4) is 11.8 Å². The summed E-state index contributed by atoms with van der Waals surface area (Å²) in [5.74, 6) is 0.623.